The van der Waals surface area contributed by atoms with Gasteiger partial charge in [-0.1, -0.05) is 51.1 Å². The molecule has 3 rings (SSSR count). The number of nitrogens with one attached hydrogen (secondary N) is 2. The van der Waals surface area contributed by atoms with Crippen LogP contribution in [0.25, 0.3) is 0 Å². The van der Waals surface area contributed by atoms with Gasteiger partial charge in [0.15, 0.2) is 0 Å². The van der Waals surface area contributed by atoms with Gasteiger partial charge in [0.25, 0.3) is 0 Å². The third-order valence-electron chi connectivity index (χ3n) is 5.09. The van der Waals surface area contributed by atoms with Crippen LogP contribution in [-0.4, -0.2) is 24.4 Å². The topological polar surface area (TPSA) is 84.5 Å². The van der Waals surface area contributed by atoms with Gasteiger partial charge in [0.1, 0.15) is 5.25 Å². The van der Waals surface area contributed by atoms with Crippen LogP contribution in [0.15, 0.2) is 83.8 Å². The number of rotatable bonds is 9. The second-order valence-electron chi connectivity index (χ2n) is 9.51. The Labute approximate surface area is 216 Å². The van der Waals surface area contributed by atoms with Crippen LogP contribution >= 0.6 is 11.8 Å². The molecule has 188 valence electrons. The van der Waals surface area contributed by atoms with Crippen LogP contribution in [-0.2, 0) is 14.3 Å². The number of esters is 1. The first-order valence-electron chi connectivity index (χ1n) is 11.8. The summed E-state index contributed by atoms with van der Waals surface area (Å²) in [6.45, 7) is 8.13. The first-order valence-corrected chi connectivity index (χ1v) is 12.7. The minimum atomic E-state index is -0.503. The van der Waals surface area contributed by atoms with Crippen LogP contribution in [0.1, 0.15) is 55.3 Å². The van der Waals surface area contributed by atoms with Gasteiger partial charge in [-0.15, -0.1) is 11.8 Å². The monoisotopic (exact) mass is 504 g/mol. The Morgan fingerprint density at radius 2 is 1.42 bits per heavy atom. The second kappa shape index (κ2) is 12.4. The lowest BCUT2D eigenvalue weighted by molar-refractivity contribution is -0.118. The summed E-state index contributed by atoms with van der Waals surface area (Å²) in [6.07, 6.45) is 0.431. The largest absolute Gasteiger partial charge is 0.462 e. The highest BCUT2D eigenvalue weighted by atomic mass is 32.2. The van der Waals surface area contributed by atoms with E-state index in [2.05, 4.69) is 10.6 Å². The number of hydrogen-bond donors (Lipinski definition) is 2. The Bertz CT molecular complexity index is 1170. The molecule has 7 heteroatoms. The number of hydrogen-bond acceptors (Lipinski definition) is 5. The highest BCUT2D eigenvalue weighted by Gasteiger charge is 2.23. The first kappa shape index (κ1) is 27.0. The summed E-state index contributed by atoms with van der Waals surface area (Å²) in [5.74, 6) is -0.609. The zero-order valence-electron chi connectivity index (χ0n) is 21.0. The van der Waals surface area contributed by atoms with Crippen molar-refractivity contribution in [3.8, 4) is 0 Å². The molecule has 2 amide bonds. The predicted molar refractivity (Wildman–Crippen MR) is 145 cm³/mol. The molecule has 6 nitrogen and oxygen atoms in total. The highest BCUT2D eigenvalue weighted by molar-refractivity contribution is 8.00. The maximum Gasteiger partial charge on any atom is 0.338 e. The van der Waals surface area contributed by atoms with Crippen molar-refractivity contribution in [2.24, 2.45) is 5.41 Å². The molecular weight excluding hydrogens is 472 g/mol. The van der Waals surface area contributed by atoms with Crippen LogP contribution in [0.2, 0.25) is 0 Å². The van der Waals surface area contributed by atoms with Crippen LogP contribution in [0, 0.1) is 5.41 Å². The van der Waals surface area contributed by atoms with Gasteiger partial charge in [0, 0.05) is 22.7 Å². The molecule has 2 N–H and O–H groups in total. The van der Waals surface area contributed by atoms with Crippen molar-refractivity contribution in [3.63, 3.8) is 0 Å². The minimum absolute atomic E-state index is 0.0292. The average molecular weight is 505 g/mol. The summed E-state index contributed by atoms with van der Waals surface area (Å²) in [7, 11) is 0. The van der Waals surface area contributed by atoms with E-state index >= 15 is 0 Å². The molecule has 0 saturated heterocycles. The molecule has 0 radical (unpaired) electrons. The van der Waals surface area contributed by atoms with E-state index < -0.39 is 11.2 Å². The van der Waals surface area contributed by atoms with E-state index in [9.17, 15) is 14.4 Å². The van der Waals surface area contributed by atoms with Crippen molar-refractivity contribution in [2.45, 2.75) is 44.3 Å². The van der Waals surface area contributed by atoms with Crippen molar-refractivity contribution < 1.29 is 19.1 Å². The first-order chi connectivity index (χ1) is 17.1. The van der Waals surface area contributed by atoms with Gasteiger partial charge in [-0.25, -0.2) is 4.79 Å². The van der Waals surface area contributed by atoms with Crippen molar-refractivity contribution in [2.75, 3.05) is 17.2 Å². The zero-order chi connectivity index (χ0) is 26.1. The Morgan fingerprint density at radius 1 is 0.833 bits per heavy atom. The number of carbonyl (C=O) groups is 3. The smallest absolute Gasteiger partial charge is 0.338 e. The van der Waals surface area contributed by atoms with Crippen LogP contribution in [0.4, 0.5) is 11.4 Å². The van der Waals surface area contributed by atoms with E-state index in [1.54, 1.807) is 31.2 Å². The molecule has 0 fully saturated rings. The molecule has 0 aliphatic rings. The number of ether oxygens (including phenoxy) is 1. The third kappa shape index (κ3) is 8.27. The summed E-state index contributed by atoms with van der Waals surface area (Å²) >= 11 is 1.42. The van der Waals surface area contributed by atoms with Gasteiger partial charge < -0.3 is 15.4 Å². The fourth-order valence-corrected chi connectivity index (χ4v) is 4.48. The van der Waals surface area contributed by atoms with E-state index in [4.69, 9.17) is 4.74 Å². The third-order valence-corrected chi connectivity index (χ3v) is 6.35. The van der Waals surface area contributed by atoms with E-state index in [0.29, 0.717) is 24.3 Å². The van der Waals surface area contributed by atoms with Crippen LogP contribution in [0.5, 0.6) is 0 Å². The number of benzene rings is 3. The maximum atomic E-state index is 13.3. The SMILES string of the molecule is CCOC(=O)c1ccc(NC(=O)C(Sc2ccc(NC(=O)CC(C)(C)C)cc2)c2ccccc2)cc1. The lowest BCUT2D eigenvalue weighted by atomic mass is 9.92. The van der Waals surface area contributed by atoms with Gasteiger partial charge in [-0.2, -0.15) is 0 Å². The van der Waals surface area contributed by atoms with Crippen molar-refractivity contribution in [3.05, 3.63) is 90.0 Å². The van der Waals surface area contributed by atoms with Gasteiger partial charge in [-0.05, 0) is 66.4 Å². The van der Waals surface area contributed by atoms with E-state index in [0.717, 1.165) is 16.1 Å². The summed E-state index contributed by atoms with van der Waals surface area (Å²) < 4.78 is 5.01. The number of amides is 2. The predicted octanol–water partition coefficient (Wildman–Crippen LogP) is 6.71. The molecule has 0 aliphatic heterocycles. The molecule has 0 heterocycles. The van der Waals surface area contributed by atoms with Crippen molar-refractivity contribution in [1.82, 2.24) is 0 Å². The standard InChI is InChI=1S/C29H32N2O4S/c1-5-35-28(34)21-11-13-23(14-12-21)31-27(33)26(20-9-7-6-8-10-20)36-24-17-15-22(16-18-24)30-25(32)19-29(2,3)4/h6-18,26H,5,19H2,1-4H3,(H,30,32)(H,31,33). The van der Waals surface area contributed by atoms with E-state index in [-0.39, 0.29) is 17.2 Å². The Balaban J connectivity index is 1.72. The summed E-state index contributed by atoms with van der Waals surface area (Å²) in [4.78, 5) is 38.3. The average Bonchev–Trinajstić information content (AvgIpc) is 2.83. The van der Waals surface area contributed by atoms with Gasteiger partial charge in [0.2, 0.25) is 11.8 Å². The molecule has 0 aliphatic carbocycles. The zero-order valence-corrected chi connectivity index (χ0v) is 21.9. The van der Waals surface area contributed by atoms with Crippen molar-refractivity contribution in [1.29, 1.82) is 0 Å². The highest BCUT2D eigenvalue weighted by Crippen LogP contribution is 2.37. The van der Waals surface area contributed by atoms with Crippen LogP contribution < -0.4 is 10.6 Å². The van der Waals surface area contributed by atoms with Gasteiger partial charge in [-0.3, -0.25) is 9.59 Å². The molecular formula is C29H32N2O4S. The van der Waals surface area contributed by atoms with Crippen molar-refractivity contribution >= 4 is 40.9 Å². The quantitative estimate of drug-likeness (QED) is 0.250. The Hall–Kier alpha value is -3.58. The fourth-order valence-electron chi connectivity index (χ4n) is 3.45. The number of anilines is 2. The van der Waals surface area contributed by atoms with Crippen LogP contribution in [0.3, 0.4) is 0 Å². The van der Waals surface area contributed by atoms with E-state index in [1.165, 1.54) is 11.8 Å². The molecule has 0 bridgehead atoms. The Morgan fingerprint density at radius 3 is 2.00 bits per heavy atom. The number of carbonyl (C=O) groups excluding carboxylic acids is 3. The van der Waals surface area contributed by atoms with E-state index in [1.807, 2.05) is 75.4 Å². The molecule has 0 aromatic heterocycles. The maximum absolute atomic E-state index is 13.3. The fraction of sp³-hybridized carbons (Fsp3) is 0.276. The van der Waals surface area contributed by atoms with Gasteiger partial charge in [0.05, 0.1) is 12.2 Å². The summed E-state index contributed by atoms with van der Waals surface area (Å²) in [5, 5.41) is 5.37. The van der Waals surface area contributed by atoms with Gasteiger partial charge >= 0.3 is 5.97 Å². The molecule has 1 atom stereocenters. The second-order valence-corrected chi connectivity index (χ2v) is 10.7. The summed E-state index contributed by atoms with van der Waals surface area (Å²) in [6, 6.07) is 23.7. The molecule has 3 aromatic carbocycles. The number of thioether (sulfide) groups is 1. The summed E-state index contributed by atoms with van der Waals surface area (Å²) in [5.41, 5.74) is 2.52. The lowest BCUT2D eigenvalue weighted by Gasteiger charge is -2.18. The molecule has 1 unspecified atom stereocenters. The molecule has 0 saturated carbocycles. The molecule has 36 heavy (non-hydrogen) atoms. The Kier molecular flexibility index (Phi) is 9.31. The molecule has 3 aromatic rings. The lowest BCUT2D eigenvalue weighted by Crippen LogP contribution is -2.19. The minimum Gasteiger partial charge on any atom is -0.462 e. The molecule has 0 spiro atoms. The normalized spacial score (nSPS) is 11.9.